The molecule has 5 nitrogen and oxygen atoms in total. The summed E-state index contributed by atoms with van der Waals surface area (Å²) >= 11 is 0. The molecule has 2 aliphatic rings. The number of nitrogens with zero attached hydrogens (tertiary/aromatic N) is 1. The molecule has 1 saturated heterocycles. The molecule has 0 bridgehead atoms. The number of likely N-dealkylation sites (tertiary alicyclic amines) is 1. The number of phenols is 1. The second kappa shape index (κ2) is 6.48. The van der Waals surface area contributed by atoms with Crippen LogP contribution in [0.2, 0.25) is 0 Å². The minimum Gasteiger partial charge on any atom is -0.508 e. The number of ether oxygens (including phenoxy) is 1. The van der Waals surface area contributed by atoms with Gasteiger partial charge in [0.15, 0.2) is 5.78 Å². The van der Waals surface area contributed by atoms with Gasteiger partial charge in [0, 0.05) is 32.0 Å². The number of hydrogen-bond acceptors (Lipinski definition) is 4. The van der Waals surface area contributed by atoms with E-state index in [4.69, 9.17) is 4.74 Å². The molecule has 1 amide bonds. The summed E-state index contributed by atoms with van der Waals surface area (Å²) in [6.07, 6.45) is 1.96. The molecule has 2 aromatic carbocycles. The van der Waals surface area contributed by atoms with Crippen LogP contribution in [-0.2, 0) is 11.2 Å². The third kappa shape index (κ3) is 3.17. The fraction of sp³-hybridized carbons (Fsp3) is 0.333. The number of piperidine rings is 1. The summed E-state index contributed by atoms with van der Waals surface area (Å²) in [5.41, 5.74) is 0.962. The van der Waals surface area contributed by atoms with E-state index in [1.165, 1.54) is 12.1 Å². The number of rotatable bonds is 2. The number of aromatic hydroxyl groups is 1. The highest BCUT2D eigenvalue weighted by Gasteiger charge is 2.43. The van der Waals surface area contributed by atoms with Gasteiger partial charge in [0.25, 0.3) is 0 Å². The average Bonchev–Trinajstić information content (AvgIpc) is 2.62. The zero-order chi connectivity index (χ0) is 18.1. The Kier molecular flexibility index (Phi) is 4.15. The lowest BCUT2D eigenvalue weighted by molar-refractivity contribution is -0.134. The van der Waals surface area contributed by atoms with E-state index >= 15 is 0 Å². The zero-order valence-electron chi connectivity index (χ0n) is 14.5. The van der Waals surface area contributed by atoms with Gasteiger partial charge >= 0.3 is 0 Å². The largest absolute Gasteiger partial charge is 0.508 e. The van der Waals surface area contributed by atoms with Gasteiger partial charge in [-0.1, -0.05) is 30.3 Å². The number of phenolic OH excluding ortho intramolecular Hbond substituents is 1. The van der Waals surface area contributed by atoms with Crippen LogP contribution in [0.25, 0.3) is 0 Å². The van der Waals surface area contributed by atoms with Crippen molar-refractivity contribution in [2.75, 3.05) is 13.1 Å². The molecule has 2 aromatic rings. The quantitative estimate of drug-likeness (QED) is 0.903. The Bertz CT molecular complexity index is 838. The first kappa shape index (κ1) is 16.6. The predicted molar refractivity (Wildman–Crippen MR) is 96.4 cm³/mol. The van der Waals surface area contributed by atoms with Crippen molar-refractivity contribution in [1.82, 2.24) is 4.90 Å². The maximum absolute atomic E-state index is 12.5. The highest BCUT2D eigenvalue weighted by molar-refractivity contribution is 6.00. The number of ketones is 1. The van der Waals surface area contributed by atoms with Crippen LogP contribution in [0, 0.1) is 0 Å². The van der Waals surface area contributed by atoms with Crippen molar-refractivity contribution in [3.8, 4) is 11.5 Å². The van der Waals surface area contributed by atoms with Gasteiger partial charge in [0.05, 0.1) is 18.4 Å². The Morgan fingerprint density at radius 1 is 1.12 bits per heavy atom. The standard InChI is InChI=1S/C21H21NO4/c23-16-6-7-17-18(24)14-21(26-19(17)13-16)8-10-22(11-9-21)20(25)12-15-4-2-1-3-5-15/h1-7,13,23H,8-12,14H2. The molecule has 0 saturated carbocycles. The fourth-order valence-electron chi connectivity index (χ4n) is 3.81. The summed E-state index contributed by atoms with van der Waals surface area (Å²) < 4.78 is 6.14. The normalized spacial score (nSPS) is 18.3. The summed E-state index contributed by atoms with van der Waals surface area (Å²) in [7, 11) is 0. The highest BCUT2D eigenvalue weighted by atomic mass is 16.5. The highest BCUT2D eigenvalue weighted by Crippen LogP contribution is 2.40. The summed E-state index contributed by atoms with van der Waals surface area (Å²) in [4.78, 5) is 26.9. The van der Waals surface area contributed by atoms with E-state index in [1.807, 2.05) is 35.2 Å². The Labute approximate surface area is 152 Å². The van der Waals surface area contributed by atoms with Crippen LogP contribution in [0.4, 0.5) is 0 Å². The lowest BCUT2D eigenvalue weighted by atomic mass is 9.82. The third-order valence-corrected chi connectivity index (χ3v) is 5.30. The Balaban J connectivity index is 1.43. The number of amides is 1. The lowest BCUT2D eigenvalue weighted by Crippen LogP contribution is -2.52. The molecule has 0 atom stereocenters. The molecule has 134 valence electrons. The van der Waals surface area contributed by atoms with Crippen LogP contribution in [-0.4, -0.2) is 40.4 Å². The molecule has 5 heteroatoms. The molecule has 26 heavy (non-hydrogen) atoms. The first-order valence-electron chi connectivity index (χ1n) is 8.92. The van der Waals surface area contributed by atoms with Gasteiger partial charge < -0.3 is 14.7 Å². The summed E-state index contributed by atoms with van der Waals surface area (Å²) in [5, 5.41) is 9.67. The van der Waals surface area contributed by atoms with Crippen molar-refractivity contribution in [3.05, 3.63) is 59.7 Å². The van der Waals surface area contributed by atoms with Crippen LogP contribution in [0.5, 0.6) is 11.5 Å². The van der Waals surface area contributed by atoms with Crippen molar-refractivity contribution >= 4 is 11.7 Å². The second-order valence-electron chi connectivity index (χ2n) is 7.11. The van der Waals surface area contributed by atoms with E-state index in [0.717, 1.165) is 5.56 Å². The van der Waals surface area contributed by atoms with Gasteiger partial charge in [-0.05, 0) is 17.7 Å². The first-order valence-corrected chi connectivity index (χ1v) is 8.92. The Morgan fingerprint density at radius 2 is 1.85 bits per heavy atom. The summed E-state index contributed by atoms with van der Waals surface area (Å²) in [6, 6.07) is 14.3. The molecule has 1 fully saturated rings. The van der Waals surface area contributed by atoms with Crippen molar-refractivity contribution < 1.29 is 19.4 Å². The fourth-order valence-corrected chi connectivity index (χ4v) is 3.81. The Hall–Kier alpha value is -2.82. The minimum absolute atomic E-state index is 0.0373. The maximum Gasteiger partial charge on any atom is 0.226 e. The zero-order valence-corrected chi connectivity index (χ0v) is 14.5. The van der Waals surface area contributed by atoms with E-state index in [2.05, 4.69) is 0 Å². The first-order chi connectivity index (χ1) is 12.5. The van der Waals surface area contributed by atoms with Crippen molar-refractivity contribution in [1.29, 1.82) is 0 Å². The number of fused-ring (bicyclic) bond motifs is 1. The topological polar surface area (TPSA) is 66.8 Å². The number of benzene rings is 2. The van der Waals surface area contributed by atoms with Gasteiger partial charge in [0.2, 0.25) is 5.91 Å². The predicted octanol–water partition coefficient (Wildman–Crippen LogP) is 2.96. The molecule has 2 aliphatic heterocycles. The summed E-state index contributed by atoms with van der Waals surface area (Å²) in [5.74, 6) is 0.677. The number of Topliss-reactive ketones (excluding diaryl/α,β-unsaturated/α-hetero) is 1. The van der Waals surface area contributed by atoms with Crippen LogP contribution in [0.1, 0.15) is 35.2 Å². The molecule has 1 spiro atoms. The van der Waals surface area contributed by atoms with Gasteiger partial charge in [-0.15, -0.1) is 0 Å². The van der Waals surface area contributed by atoms with E-state index in [9.17, 15) is 14.7 Å². The molecule has 0 radical (unpaired) electrons. The minimum atomic E-state index is -0.568. The second-order valence-corrected chi connectivity index (χ2v) is 7.11. The number of carbonyl (C=O) groups is 2. The molecule has 1 N–H and O–H groups in total. The van der Waals surface area contributed by atoms with Crippen LogP contribution < -0.4 is 4.74 Å². The number of carbonyl (C=O) groups excluding carboxylic acids is 2. The molecule has 4 rings (SSSR count). The van der Waals surface area contributed by atoms with Gasteiger partial charge in [-0.3, -0.25) is 9.59 Å². The van der Waals surface area contributed by atoms with Gasteiger partial charge in [0.1, 0.15) is 17.1 Å². The van der Waals surface area contributed by atoms with Crippen molar-refractivity contribution in [2.45, 2.75) is 31.3 Å². The van der Waals surface area contributed by atoms with E-state index in [-0.39, 0.29) is 17.4 Å². The monoisotopic (exact) mass is 351 g/mol. The van der Waals surface area contributed by atoms with E-state index < -0.39 is 5.60 Å². The van der Waals surface area contributed by atoms with Crippen LogP contribution in [0.3, 0.4) is 0 Å². The molecule has 0 aliphatic carbocycles. The smallest absolute Gasteiger partial charge is 0.226 e. The number of hydrogen-bond donors (Lipinski definition) is 1. The van der Waals surface area contributed by atoms with Crippen molar-refractivity contribution in [2.24, 2.45) is 0 Å². The molecule has 0 aromatic heterocycles. The molecular weight excluding hydrogens is 330 g/mol. The Morgan fingerprint density at radius 3 is 2.58 bits per heavy atom. The maximum atomic E-state index is 12.5. The lowest BCUT2D eigenvalue weighted by Gasteiger charge is -2.44. The third-order valence-electron chi connectivity index (χ3n) is 5.30. The SMILES string of the molecule is O=C1CC2(CCN(C(=O)Cc3ccccc3)CC2)Oc2cc(O)ccc21. The van der Waals surface area contributed by atoms with Gasteiger partial charge in [-0.2, -0.15) is 0 Å². The molecule has 0 unspecified atom stereocenters. The van der Waals surface area contributed by atoms with Gasteiger partial charge in [-0.25, -0.2) is 0 Å². The van der Waals surface area contributed by atoms with Crippen LogP contribution in [0.15, 0.2) is 48.5 Å². The van der Waals surface area contributed by atoms with E-state index in [0.29, 0.717) is 50.1 Å². The molecule has 2 heterocycles. The van der Waals surface area contributed by atoms with Crippen LogP contribution >= 0.6 is 0 Å². The van der Waals surface area contributed by atoms with Crippen molar-refractivity contribution in [3.63, 3.8) is 0 Å². The summed E-state index contributed by atoms with van der Waals surface area (Å²) in [6.45, 7) is 1.15. The molecular formula is C21H21NO4. The van der Waals surface area contributed by atoms with E-state index in [1.54, 1.807) is 6.07 Å². The average molecular weight is 351 g/mol.